The summed E-state index contributed by atoms with van der Waals surface area (Å²) >= 11 is 0. The number of hydrogen-bond acceptors (Lipinski definition) is 4. The third-order valence-electron chi connectivity index (χ3n) is 8.25. The van der Waals surface area contributed by atoms with Crippen molar-refractivity contribution in [2.24, 2.45) is 23.2 Å². The number of carbonyl (C=O) groups is 1. The van der Waals surface area contributed by atoms with Crippen LogP contribution in [0, 0.1) is 23.2 Å². The fraction of sp³-hybridized carbons (Fsp3) is 0.870. The Morgan fingerprint density at radius 3 is 1.91 bits per heavy atom. The summed E-state index contributed by atoms with van der Waals surface area (Å²) in [4.78, 5) is 11.9. The molecule has 190 valence electrons. The van der Waals surface area contributed by atoms with Gasteiger partial charge in [0.2, 0.25) is 0 Å². The summed E-state index contributed by atoms with van der Waals surface area (Å²) in [6, 6.07) is 0. The van der Waals surface area contributed by atoms with Crippen LogP contribution in [-0.4, -0.2) is 46.8 Å². The topological polar surface area (TPSA) is 55.8 Å². The van der Waals surface area contributed by atoms with Crippen LogP contribution in [0.1, 0.15) is 66.2 Å². The SMILES string of the molecule is C=C(C)C(=O)OCC12CC3CC(C1)C(CC)(OC(C)(C)C(O)(C(F)(F)F)C(F)(F)F)C(C3)C2. The molecule has 2 atom stereocenters. The molecular weight excluding hydrogens is 454 g/mol. The highest BCUT2D eigenvalue weighted by Crippen LogP contribution is 2.67. The lowest BCUT2D eigenvalue weighted by Gasteiger charge is -2.66. The number of alkyl halides is 6. The van der Waals surface area contributed by atoms with Crippen LogP contribution in [0.25, 0.3) is 0 Å². The van der Waals surface area contributed by atoms with Crippen molar-refractivity contribution in [3.8, 4) is 0 Å². The van der Waals surface area contributed by atoms with Gasteiger partial charge in [-0.2, -0.15) is 26.3 Å². The summed E-state index contributed by atoms with van der Waals surface area (Å²) in [5.41, 5.74) is -9.37. The van der Waals surface area contributed by atoms with Crippen molar-refractivity contribution in [3.05, 3.63) is 12.2 Å². The van der Waals surface area contributed by atoms with Gasteiger partial charge in [0.1, 0.15) is 5.60 Å². The Hall–Kier alpha value is -1.29. The van der Waals surface area contributed by atoms with E-state index in [-0.39, 0.29) is 41.8 Å². The molecule has 10 heteroatoms. The van der Waals surface area contributed by atoms with Gasteiger partial charge in [0.05, 0.1) is 12.2 Å². The van der Waals surface area contributed by atoms with Crippen LogP contribution in [0.3, 0.4) is 0 Å². The highest BCUT2D eigenvalue weighted by Gasteiger charge is 2.79. The molecule has 0 aliphatic heterocycles. The van der Waals surface area contributed by atoms with E-state index >= 15 is 0 Å². The molecule has 0 heterocycles. The maximum atomic E-state index is 13.6. The average Bonchev–Trinajstić information content (AvgIpc) is 2.66. The molecule has 4 fully saturated rings. The first-order valence-electron chi connectivity index (χ1n) is 11.2. The molecule has 0 spiro atoms. The van der Waals surface area contributed by atoms with Crippen molar-refractivity contribution in [2.75, 3.05) is 6.61 Å². The van der Waals surface area contributed by atoms with Crippen LogP contribution >= 0.6 is 0 Å². The van der Waals surface area contributed by atoms with Gasteiger partial charge in [0.15, 0.2) is 0 Å². The van der Waals surface area contributed by atoms with Gasteiger partial charge in [0, 0.05) is 11.0 Å². The van der Waals surface area contributed by atoms with Gasteiger partial charge in [-0.3, -0.25) is 0 Å². The Balaban J connectivity index is 1.93. The van der Waals surface area contributed by atoms with E-state index in [2.05, 4.69) is 6.58 Å². The Morgan fingerprint density at radius 2 is 1.52 bits per heavy atom. The van der Waals surface area contributed by atoms with Crippen molar-refractivity contribution < 1.29 is 45.7 Å². The van der Waals surface area contributed by atoms with Crippen LogP contribution in [0.2, 0.25) is 0 Å². The predicted molar refractivity (Wildman–Crippen MR) is 107 cm³/mol. The molecule has 4 bridgehead atoms. The molecule has 0 aromatic carbocycles. The standard InChI is InChI=1S/C23H32F6O4/c1-6-20(33-18(4,5)21(31,22(24,25)26)23(27,28)29)15-7-14-8-16(20)11-19(9-14,10-15)12-32-17(30)13(2)3/h14-16,31H,2,6-12H2,1,3-5H3. The maximum absolute atomic E-state index is 13.6. The molecule has 4 aliphatic carbocycles. The summed E-state index contributed by atoms with van der Waals surface area (Å²) in [5, 5.41) is 10.1. The lowest BCUT2D eigenvalue weighted by Crippen LogP contribution is -2.73. The van der Waals surface area contributed by atoms with Gasteiger partial charge in [-0.25, -0.2) is 4.79 Å². The first-order chi connectivity index (χ1) is 14.8. The fourth-order valence-corrected chi connectivity index (χ4v) is 6.95. The Labute approximate surface area is 189 Å². The third-order valence-corrected chi connectivity index (χ3v) is 8.25. The fourth-order valence-electron chi connectivity index (χ4n) is 6.95. The summed E-state index contributed by atoms with van der Waals surface area (Å²) < 4.78 is 93.1. The molecule has 33 heavy (non-hydrogen) atoms. The van der Waals surface area contributed by atoms with Crippen LogP contribution < -0.4 is 0 Å². The van der Waals surface area contributed by atoms with Crippen LogP contribution in [-0.2, 0) is 14.3 Å². The lowest BCUT2D eigenvalue weighted by molar-refractivity contribution is -0.429. The van der Waals surface area contributed by atoms with E-state index in [1.165, 1.54) is 6.92 Å². The zero-order chi connectivity index (χ0) is 25.3. The molecule has 1 N–H and O–H groups in total. The highest BCUT2D eigenvalue weighted by atomic mass is 19.4. The molecule has 0 radical (unpaired) electrons. The number of aliphatic hydroxyl groups is 1. The van der Waals surface area contributed by atoms with Crippen LogP contribution in [0.4, 0.5) is 26.3 Å². The number of rotatable bonds is 7. The first-order valence-corrected chi connectivity index (χ1v) is 11.2. The third kappa shape index (κ3) is 3.98. The molecule has 0 aromatic heterocycles. The molecule has 0 saturated heterocycles. The summed E-state index contributed by atoms with van der Waals surface area (Å²) in [6.45, 7) is 8.26. The van der Waals surface area contributed by atoms with Crippen molar-refractivity contribution in [2.45, 2.75) is 95.4 Å². The monoisotopic (exact) mass is 486 g/mol. The molecule has 4 nitrogen and oxygen atoms in total. The molecule has 4 rings (SSSR count). The summed E-state index contributed by atoms with van der Waals surface area (Å²) in [7, 11) is 0. The maximum Gasteiger partial charge on any atom is 0.429 e. The van der Waals surface area contributed by atoms with Gasteiger partial charge in [-0.05, 0) is 77.0 Å². The van der Waals surface area contributed by atoms with E-state index in [0.29, 0.717) is 39.5 Å². The van der Waals surface area contributed by atoms with Crippen molar-refractivity contribution in [1.29, 1.82) is 0 Å². The van der Waals surface area contributed by atoms with Crippen molar-refractivity contribution in [1.82, 2.24) is 0 Å². The summed E-state index contributed by atoms with van der Waals surface area (Å²) in [6.07, 6.45) is -8.76. The van der Waals surface area contributed by atoms with Crippen molar-refractivity contribution >= 4 is 5.97 Å². The van der Waals surface area contributed by atoms with Gasteiger partial charge in [-0.15, -0.1) is 0 Å². The van der Waals surface area contributed by atoms with Gasteiger partial charge in [-0.1, -0.05) is 13.5 Å². The quantitative estimate of drug-likeness (QED) is 0.284. The first kappa shape index (κ1) is 26.3. The molecule has 0 amide bonds. The zero-order valence-electron chi connectivity index (χ0n) is 19.3. The Kier molecular flexibility index (Phi) is 6.27. The largest absolute Gasteiger partial charge is 0.462 e. The van der Waals surface area contributed by atoms with Crippen molar-refractivity contribution in [3.63, 3.8) is 0 Å². The average molecular weight is 486 g/mol. The number of halogens is 6. The zero-order valence-corrected chi connectivity index (χ0v) is 19.3. The van der Waals surface area contributed by atoms with Crippen LogP contribution in [0.15, 0.2) is 12.2 Å². The van der Waals surface area contributed by atoms with E-state index in [1.54, 1.807) is 6.92 Å². The molecule has 4 saturated carbocycles. The Bertz CT molecular complexity index is 770. The van der Waals surface area contributed by atoms with E-state index in [4.69, 9.17) is 9.47 Å². The molecule has 2 unspecified atom stereocenters. The second-order valence-electron chi connectivity index (χ2n) is 10.8. The lowest BCUT2D eigenvalue weighted by atomic mass is 9.44. The highest BCUT2D eigenvalue weighted by molar-refractivity contribution is 5.86. The molecule has 0 aromatic rings. The second-order valence-corrected chi connectivity index (χ2v) is 10.8. The molecular formula is C23H32F6O4. The van der Waals surface area contributed by atoms with E-state index in [1.807, 2.05) is 0 Å². The number of hydrogen-bond donors (Lipinski definition) is 1. The second kappa shape index (κ2) is 7.86. The number of carbonyl (C=O) groups excluding carboxylic acids is 1. The summed E-state index contributed by atoms with van der Waals surface area (Å²) in [5.74, 6) is -0.892. The predicted octanol–water partition coefficient (Wildman–Crippen LogP) is 5.73. The number of esters is 1. The van der Waals surface area contributed by atoms with Crippen LogP contribution in [0.5, 0.6) is 0 Å². The van der Waals surface area contributed by atoms with Gasteiger partial charge >= 0.3 is 18.3 Å². The Morgan fingerprint density at radius 1 is 1.03 bits per heavy atom. The van der Waals surface area contributed by atoms with E-state index in [0.717, 1.165) is 6.42 Å². The minimum Gasteiger partial charge on any atom is -0.462 e. The molecule has 4 aliphatic rings. The number of ether oxygens (including phenoxy) is 2. The van der Waals surface area contributed by atoms with E-state index < -0.39 is 35.1 Å². The smallest absolute Gasteiger partial charge is 0.429 e. The minimum absolute atomic E-state index is 0.139. The normalized spacial score (nSPS) is 34.5. The van der Waals surface area contributed by atoms with Gasteiger partial charge in [0.25, 0.3) is 5.60 Å². The van der Waals surface area contributed by atoms with Gasteiger partial charge < -0.3 is 14.6 Å². The minimum atomic E-state index is -5.98. The van der Waals surface area contributed by atoms with E-state index in [9.17, 15) is 36.2 Å².